The molecule has 0 spiro atoms. The highest BCUT2D eigenvalue weighted by atomic mass is 16.3. The van der Waals surface area contributed by atoms with Gasteiger partial charge in [-0.1, -0.05) is 69.7 Å². The van der Waals surface area contributed by atoms with E-state index in [0.717, 1.165) is 24.6 Å². The molecule has 2 rings (SSSR count). The van der Waals surface area contributed by atoms with Crippen LogP contribution < -0.4 is 0 Å². The predicted octanol–water partition coefficient (Wildman–Crippen LogP) is 5.57. The lowest BCUT2D eigenvalue weighted by molar-refractivity contribution is 0.0976. The van der Waals surface area contributed by atoms with Crippen molar-refractivity contribution in [2.24, 2.45) is 0 Å². The molecule has 0 amide bonds. The summed E-state index contributed by atoms with van der Waals surface area (Å²) in [5.41, 5.74) is 0.229. The van der Waals surface area contributed by atoms with E-state index in [9.17, 15) is 15.0 Å². The molecule has 0 bridgehead atoms. The summed E-state index contributed by atoms with van der Waals surface area (Å²) in [6.45, 7) is 2.20. The first-order valence-corrected chi connectivity index (χ1v) is 8.62. The highest BCUT2D eigenvalue weighted by Gasteiger charge is 2.17. The minimum atomic E-state index is -0.295. The molecule has 3 heteroatoms. The zero-order valence-corrected chi connectivity index (χ0v) is 13.8. The van der Waals surface area contributed by atoms with Gasteiger partial charge >= 0.3 is 0 Å². The molecule has 0 unspecified atom stereocenters. The van der Waals surface area contributed by atoms with Crippen molar-refractivity contribution in [2.45, 2.75) is 58.3 Å². The quantitative estimate of drug-likeness (QED) is 0.361. The Morgan fingerprint density at radius 1 is 0.913 bits per heavy atom. The summed E-state index contributed by atoms with van der Waals surface area (Å²) in [6.07, 6.45) is 8.45. The molecule has 0 aliphatic carbocycles. The molecule has 124 valence electrons. The fourth-order valence-corrected chi connectivity index (χ4v) is 2.91. The van der Waals surface area contributed by atoms with Gasteiger partial charge in [0.2, 0.25) is 0 Å². The third-order valence-corrected chi connectivity index (χ3v) is 4.30. The van der Waals surface area contributed by atoms with E-state index in [2.05, 4.69) is 6.92 Å². The van der Waals surface area contributed by atoms with E-state index >= 15 is 0 Å². The molecule has 0 heterocycles. The number of phenolic OH excluding ortho intramolecular Hbond substituents is 2. The number of fused-ring (bicyclic) bond motifs is 1. The number of aromatic hydroxyl groups is 2. The molecule has 0 aromatic heterocycles. The number of carbonyl (C=O) groups is 1. The molecule has 2 N–H and O–H groups in total. The van der Waals surface area contributed by atoms with E-state index in [1.165, 1.54) is 25.7 Å². The molecule has 0 saturated heterocycles. The van der Waals surface area contributed by atoms with Gasteiger partial charge in [0.15, 0.2) is 17.3 Å². The van der Waals surface area contributed by atoms with E-state index in [1.54, 1.807) is 18.2 Å². The maximum absolute atomic E-state index is 12.3. The standard InChI is InChI=1S/C20H26O3/c1-2-3-4-5-6-7-8-13-18(21)17-14-15-11-9-10-12-16(15)19(22)20(17)23/h9-12,14,22-23H,2-8,13H2,1H3. The predicted molar refractivity (Wildman–Crippen MR) is 94.2 cm³/mol. The first-order valence-electron chi connectivity index (χ1n) is 8.62. The van der Waals surface area contributed by atoms with Gasteiger partial charge in [-0.05, 0) is 17.9 Å². The monoisotopic (exact) mass is 314 g/mol. The maximum Gasteiger partial charge on any atom is 0.169 e. The van der Waals surface area contributed by atoms with Gasteiger partial charge < -0.3 is 10.2 Å². The molecule has 0 fully saturated rings. The molecule has 0 atom stereocenters. The van der Waals surface area contributed by atoms with Crippen LogP contribution in [0.25, 0.3) is 10.8 Å². The van der Waals surface area contributed by atoms with Crippen LogP contribution in [0.15, 0.2) is 30.3 Å². The van der Waals surface area contributed by atoms with Crippen molar-refractivity contribution in [3.8, 4) is 11.5 Å². The van der Waals surface area contributed by atoms with Crippen molar-refractivity contribution in [3.63, 3.8) is 0 Å². The van der Waals surface area contributed by atoms with E-state index in [4.69, 9.17) is 0 Å². The van der Waals surface area contributed by atoms with Crippen LogP contribution in [-0.4, -0.2) is 16.0 Å². The van der Waals surface area contributed by atoms with Crippen molar-refractivity contribution in [2.75, 3.05) is 0 Å². The van der Waals surface area contributed by atoms with Crippen molar-refractivity contribution in [1.82, 2.24) is 0 Å². The molecule has 0 saturated carbocycles. The van der Waals surface area contributed by atoms with Gasteiger partial charge in [0.1, 0.15) is 0 Å². The summed E-state index contributed by atoms with van der Waals surface area (Å²) in [7, 11) is 0. The molecular formula is C20H26O3. The van der Waals surface area contributed by atoms with Gasteiger partial charge in [-0.15, -0.1) is 0 Å². The lowest BCUT2D eigenvalue weighted by Crippen LogP contribution is -2.00. The number of ketones is 1. The van der Waals surface area contributed by atoms with E-state index < -0.39 is 0 Å². The Hall–Kier alpha value is -2.03. The molecule has 0 aliphatic heterocycles. The molecule has 23 heavy (non-hydrogen) atoms. The molecule has 2 aromatic rings. The average Bonchev–Trinajstić information content (AvgIpc) is 2.57. The zero-order valence-electron chi connectivity index (χ0n) is 13.8. The van der Waals surface area contributed by atoms with Crippen molar-refractivity contribution >= 4 is 16.6 Å². The van der Waals surface area contributed by atoms with Crippen LogP contribution in [0.2, 0.25) is 0 Å². The summed E-state index contributed by atoms with van der Waals surface area (Å²) in [5.74, 6) is -0.597. The van der Waals surface area contributed by atoms with Crippen LogP contribution in [0.1, 0.15) is 68.6 Å². The van der Waals surface area contributed by atoms with Crippen molar-refractivity contribution in [3.05, 3.63) is 35.9 Å². The molecule has 3 nitrogen and oxygen atoms in total. The van der Waals surface area contributed by atoms with Gasteiger partial charge in [-0.3, -0.25) is 4.79 Å². The van der Waals surface area contributed by atoms with E-state index in [0.29, 0.717) is 11.8 Å². The second-order valence-electron chi connectivity index (χ2n) is 6.14. The number of carbonyl (C=O) groups excluding carboxylic acids is 1. The SMILES string of the molecule is CCCCCCCCCC(=O)c1cc2ccccc2c(O)c1O. The molecular weight excluding hydrogens is 288 g/mol. The van der Waals surface area contributed by atoms with Gasteiger partial charge in [0, 0.05) is 11.8 Å². The fourth-order valence-electron chi connectivity index (χ4n) is 2.91. The number of hydrogen-bond acceptors (Lipinski definition) is 3. The minimum Gasteiger partial charge on any atom is -0.504 e. The van der Waals surface area contributed by atoms with Crippen LogP contribution in [0.4, 0.5) is 0 Å². The van der Waals surface area contributed by atoms with Gasteiger partial charge in [0.25, 0.3) is 0 Å². The van der Waals surface area contributed by atoms with Crippen molar-refractivity contribution < 1.29 is 15.0 Å². The summed E-state index contributed by atoms with van der Waals surface area (Å²) in [5, 5.41) is 21.5. The number of unbranched alkanes of at least 4 members (excludes halogenated alkanes) is 6. The molecule has 2 aromatic carbocycles. The van der Waals surface area contributed by atoms with Gasteiger partial charge in [-0.2, -0.15) is 0 Å². The normalized spacial score (nSPS) is 11.0. The Labute approximate surface area is 138 Å². The Bertz CT molecular complexity index is 661. The molecule has 0 aliphatic rings. The number of hydrogen-bond donors (Lipinski definition) is 2. The zero-order chi connectivity index (χ0) is 16.7. The second-order valence-corrected chi connectivity index (χ2v) is 6.14. The van der Waals surface area contributed by atoms with Crippen molar-refractivity contribution in [1.29, 1.82) is 0 Å². The number of phenols is 2. The summed E-state index contributed by atoms with van der Waals surface area (Å²) >= 11 is 0. The van der Waals surface area contributed by atoms with Crippen LogP contribution in [0, 0.1) is 0 Å². The highest BCUT2D eigenvalue weighted by Crippen LogP contribution is 2.37. The van der Waals surface area contributed by atoms with Crippen LogP contribution in [-0.2, 0) is 0 Å². The summed E-state index contributed by atoms with van der Waals surface area (Å²) < 4.78 is 0. The fraction of sp³-hybridized carbons (Fsp3) is 0.450. The van der Waals surface area contributed by atoms with Gasteiger partial charge in [-0.25, -0.2) is 0 Å². The Kier molecular flexibility index (Phi) is 6.45. The first-order chi connectivity index (χ1) is 11.1. The number of rotatable bonds is 9. The highest BCUT2D eigenvalue weighted by molar-refractivity contribution is 6.05. The number of Topliss-reactive ketones (excluding diaryl/α,β-unsaturated/α-hetero) is 1. The third-order valence-electron chi connectivity index (χ3n) is 4.30. The van der Waals surface area contributed by atoms with Crippen LogP contribution in [0.3, 0.4) is 0 Å². The van der Waals surface area contributed by atoms with Crippen LogP contribution >= 0.6 is 0 Å². The topological polar surface area (TPSA) is 57.5 Å². The first kappa shape index (κ1) is 17.3. The second kappa shape index (κ2) is 8.56. The van der Waals surface area contributed by atoms with E-state index in [-0.39, 0.29) is 22.8 Å². The lowest BCUT2D eigenvalue weighted by Gasteiger charge is -2.09. The minimum absolute atomic E-state index is 0.0999. The Morgan fingerprint density at radius 2 is 1.57 bits per heavy atom. The average molecular weight is 314 g/mol. The smallest absolute Gasteiger partial charge is 0.169 e. The maximum atomic E-state index is 12.3. The lowest BCUT2D eigenvalue weighted by atomic mass is 9.98. The Balaban J connectivity index is 1.94. The largest absolute Gasteiger partial charge is 0.504 e. The molecule has 0 radical (unpaired) electrons. The summed E-state index contributed by atoms with van der Waals surface area (Å²) in [4.78, 5) is 12.3. The summed E-state index contributed by atoms with van der Waals surface area (Å²) in [6, 6.07) is 8.88. The Morgan fingerprint density at radius 3 is 2.30 bits per heavy atom. The number of benzene rings is 2. The van der Waals surface area contributed by atoms with E-state index in [1.807, 2.05) is 12.1 Å². The van der Waals surface area contributed by atoms with Gasteiger partial charge in [0.05, 0.1) is 5.56 Å². The van der Waals surface area contributed by atoms with Crippen LogP contribution in [0.5, 0.6) is 11.5 Å². The third kappa shape index (κ3) is 4.47.